The average molecular weight is 549 g/mol. The minimum absolute atomic E-state index is 0.0721. The highest BCUT2D eigenvalue weighted by molar-refractivity contribution is 5.98. The van der Waals surface area contributed by atoms with E-state index in [-0.39, 0.29) is 5.41 Å². The second kappa shape index (κ2) is 8.65. The van der Waals surface area contributed by atoms with Gasteiger partial charge in [-0.1, -0.05) is 88.4 Å². The summed E-state index contributed by atoms with van der Waals surface area (Å²) in [5.41, 5.74) is 14.8. The van der Waals surface area contributed by atoms with Crippen LogP contribution in [0.15, 0.2) is 95.8 Å². The molecule has 0 bridgehead atoms. The first kappa shape index (κ1) is 25.0. The lowest BCUT2D eigenvalue weighted by Crippen LogP contribution is -2.30. The van der Waals surface area contributed by atoms with Crippen LogP contribution in [0.4, 0.5) is 0 Å². The highest BCUT2D eigenvalue weighted by atomic mass is 16.3. The molecule has 1 aliphatic rings. The number of imidazole rings is 1. The van der Waals surface area contributed by atoms with E-state index in [4.69, 9.17) is 9.40 Å². The molecule has 0 aliphatic heterocycles. The fourth-order valence-corrected chi connectivity index (χ4v) is 7.24. The number of hydrogen-bond acceptors (Lipinski definition) is 2. The van der Waals surface area contributed by atoms with Crippen molar-refractivity contribution < 1.29 is 8.98 Å². The molecule has 4 nitrogen and oxygen atoms in total. The van der Waals surface area contributed by atoms with Gasteiger partial charge in [0.1, 0.15) is 24.6 Å². The number of nitrogens with zero attached hydrogens (tertiary/aromatic N) is 3. The van der Waals surface area contributed by atoms with Gasteiger partial charge < -0.3 is 4.42 Å². The maximum absolute atomic E-state index is 6.82. The Hall–Kier alpha value is -4.70. The monoisotopic (exact) mass is 548 g/mol. The second-order valence-corrected chi connectivity index (χ2v) is 12.6. The SMILES string of the molecule is Cc1c(-c2c3oc4c(-c5ccc6c(c5)C(C)(C)c5ccccc5-6)ncn4c3cc[n+]2C)cc(C(C)C)c2ccccc12. The number of aromatic nitrogens is 3. The summed E-state index contributed by atoms with van der Waals surface area (Å²) in [5, 5.41) is 2.61. The first-order valence-corrected chi connectivity index (χ1v) is 14.8. The van der Waals surface area contributed by atoms with E-state index in [0.29, 0.717) is 5.92 Å². The van der Waals surface area contributed by atoms with Crippen LogP contribution in [0.25, 0.3) is 61.2 Å². The van der Waals surface area contributed by atoms with Gasteiger partial charge in [-0.3, -0.25) is 4.40 Å². The molecule has 0 fully saturated rings. The third-order valence-corrected chi connectivity index (χ3v) is 9.52. The quantitative estimate of drug-likeness (QED) is 0.206. The summed E-state index contributed by atoms with van der Waals surface area (Å²) in [6.07, 6.45) is 4.03. The number of fused-ring (bicyclic) bond motifs is 7. The average Bonchev–Trinajstić information content (AvgIpc) is 3.63. The molecule has 42 heavy (non-hydrogen) atoms. The lowest BCUT2D eigenvalue weighted by Gasteiger charge is -2.21. The van der Waals surface area contributed by atoms with Crippen LogP contribution in [0.5, 0.6) is 0 Å². The summed E-state index contributed by atoms with van der Waals surface area (Å²) in [4.78, 5) is 4.88. The molecule has 0 atom stereocenters. The van der Waals surface area contributed by atoms with Crippen molar-refractivity contribution >= 4 is 27.6 Å². The second-order valence-electron chi connectivity index (χ2n) is 12.6. The van der Waals surface area contributed by atoms with Crippen molar-refractivity contribution in [2.75, 3.05) is 0 Å². The summed E-state index contributed by atoms with van der Waals surface area (Å²) >= 11 is 0. The van der Waals surface area contributed by atoms with E-state index >= 15 is 0 Å². The third kappa shape index (κ3) is 3.29. The molecule has 206 valence electrons. The van der Waals surface area contributed by atoms with E-state index in [0.717, 1.165) is 33.8 Å². The van der Waals surface area contributed by atoms with Crippen molar-refractivity contribution in [3.8, 4) is 33.6 Å². The number of rotatable bonds is 3. The zero-order valence-electron chi connectivity index (χ0n) is 25.0. The zero-order valence-corrected chi connectivity index (χ0v) is 25.0. The summed E-state index contributed by atoms with van der Waals surface area (Å²) in [7, 11) is 2.11. The van der Waals surface area contributed by atoms with Crippen molar-refractivity contribution in [2.24, 2.45) is 7.05 Å². The van der Waals surface area contributed by atoms with Crippen molar-refractivity contribution in [1.29, 1.82) is 0 Å². The molecule has 7 aromatic rings. The zero-order chi connectivity index (χ0) is 28.9. The van der Waals surface area contributed by atoms with Gasteiger partial charge >= 0.3 is 0 Å². The molecule has 4 aromatic carbocycles. The van der Waals surface area contributed by atoms with Crippen LogP contribution in [0, 0.1) is 6.92 Å². The van der Waals surface area contributed by atoms with E-state index in [2.05, 4.69) is 136 Å². The van der Waals surface area contributed by atoms with Gasteiger partial charge in [0.25, 0.3) is 5.69 Å². The van der Waals surface area contributed by atoms with Crippen molar-refractivity contribution in [3.05, 3.63) is 114 Å². The van der Waals surface area contributed by atoms with Crippen LogP contribution < -0.4 is 4.57 Å². The topological polar surface area (TPSA) is 34.3 Å². The molecule has 3 heterocycles. The molecule has 0 saturated heterocycles. The molecule has 0 radical (unpaired) electrons. The van der Waals surface area contributed by atoms with Crippen LogP contribution in [0.3, 0.4) is 0 Å². The largest absolute Gasteiger partial charge is 0.429 e. The molecule has 1 aliphatic carbocycles. The van der Waals surface area contributed by atoms with Crippen LogP contribution in [0.2, 0.25) is 0 Å². The molecule has 3 aromatic heterocycles. The van der Waals surface area contributed by atoms with E-state index < -0.39 is 0 Å². The molecule has 0 N–H and O–H groups in total. The van der Waals surface area contributed by atoms with Gasteiger partial charge in [-0.25, -0.2) is 4.98 Å². The van der Waals surface area contributed by atoms with Crippen molar-refractivity contribution in [2.45, 2.75) is 46.0 Å². The molecule has 0 unspecified atom stereocenters. The van der Waals surface area contributed by atoms with E-state index in [1.807, 2.05) is 6.33 Å². The predicted octanol–water partition coefficient (Wildman–Crippen LogP) is 9.13. The lowest BCUT2D eigenvalue weighted by molar-refractivity contribution is -0.659. The number of oxazole rings is 1. The smallest absolute Gasteiger partial charge is 0.257 e. The Morgan fingerprint density at radius 3 is 2.38 bits per heavy atom. The van der Waals surface area contributed by atoms with Crippen LogP contribution >= 0.6 is 0 Å². The number of pyridine rings is 1. The fraction of sp³-hybridized carbons (Fsp3) is 0.211. The third-order valence-electron chi connectivity index (χ3n) is 9.52. The molecule has 0 saturated carbocycles. The van der Waals surface area contributed by atoms with Crippen molar-refractivity contribution in [3.63, 3.8) is 0 Å². The predicted molar refractivity (Wildman–Crippen MR) is 171 cm³/mol. The fourth-order valence-electron chi connectivity index (χ4n) is 7.24. The van der Waals surface area contributed by atoms with Crippen LogP contribution in [-0.2, 0) is 12.5 Å². The van der Waals surface area contributed by atoms with Gasteiger partial charge in [-0.05, 0) is 69.1 Å². The molecule has 8 rings (SSSR count). The minimum atomic E-state index is -0.0721. The normalized spacial score (nSPS) is 13.9. The lowest BCUT2D eigenvalue weighted by atomic mass is 9.82. The number of hydrogen-bond donors (Lipinski definition) is 0. The Morgan fingerprint density at radius 1 is 0.833 bits per heavy atom. The molecule has 0 spiro atoms. The van der Waals surface area contributed by atoms with Gasteiger partial charge in [0, 0.05) is 17.0 Å². The van der Waals surface area contributed by atoms with Gasteiger partial charge in [-0.2, -0.15) is 4.57 Å². The maximum atomic E-state index is 6.82. The Balaban J connectivity index is 1.35. The van der Waals surface area contributed by atoms with Gasteiger partial charge in [0.05, 0.1) is 5.56 Å². The number of aryl methyl sites for hydroxylation is 2. The standard InChI is InChI=1S/C38H34N3O/c1-22(2)29-20-30(23(3)25-11-7-8-12-26(25)29)35-36-33(17-18-40(35)6)41-21-39-34(37(41)42-36)24-15-16-28-27-13-9-10-14-31(27)38(4,5)32(28)19-24/h7-22H,1-6H3/q+1. The highest BCUT2D eigenvalue weighted by Gasteiger charge is 2.35. The molecular formula is C38H34N3O+. The number of benzene rings is 4. The summed E-state index contributed by atoms with van der Waals surface area (Å²) in [6, 6.07) is 28.8. The van der Waals surface area contributed by atoms with E-state index in [9.17, 15) is 0 Å². The first-order chi connectivity index (χ1) is 20.3. The molecular weight excluding hydrogens is 514 g/mol. The Kier molecular flexibility index (Phi) is 5.16. The van der Waals surface area contributed by atoms with Crippen LogP contribution in [0.1, 0.15) is 55.9 Å². The summed E-state index contributed by atoms with van der Waals surface area (Å²) in [5.74, 6) is 0.400. The Bertz CT molecular complexity index is 2230. The Morgan fingerprint density at radius 2 is 1.57 bits per heavy atom. The summed E-state index contributed by atoms with van der Waals surface area (Å²) in [6.45, 7) is 11.4. The maximum Gasteiger partial charge on any atom is 0.257 e. The minimum Gasteiger partial charge on any atom is -0.429 e. The van der Waals surface area contributed by atoms with E-state index in [1.165, 1.54) is 49.7 Å². The van der Waals surface area contributed by atoms with Crippen LogP contribution in [-0.4, -0.2) is 9.38 Å². The first-order valence-electron chi connectivity index (χ1n) is 14.8. The summed E-state index contributed by atoms with van der Waals surface area (Å²) < 4.78 is 11.1. The molecule has 4 heteroatoms. The van der Waals surface area contributed by atoms with Gasteiger partial charge in [0.15, 0.2) is 6.20 Å². The highest BCUT2D eigenvalue weighted by Crippen LogP contribution is 2.49. The Labute approximate surface area is 245 Å². The van der Waals surface area contributed by atoms with Gasteiger partial charge in [-0.15, -0.1) is 0 Å². The van der Waals surface area contributed by atoms with Crippen molar-refractivity contribution in [1.82, 2.24) is 9.38 Å². The van der Waals surface area contributed by atoms with E-state index in [1.54, 1.807) is 0 Å². The van der Waals surface area contributed by atoms with Gasteiger partial charge in [0.2, 0.25) is 11.3 Å². The molecule has 0 amide bonds.